The summed E-state index contributed by atoms with van der Waals surface area (Å²) in [5, 5.41) is 0. The highest BCUT2D eigenvalue weighted by molar-refractivity contribution is 5.64. The average Bonchev–Trinajstić information content (AvgIpc) is 3.07. The maximum Gasteiger partial charge on any atom is 0.214 e. The number of aromatic nitrogens is 2. The average molecular weight is 570 g/mol. The quantitative estimate of drug-likeness (QED) is 0.222. The Balaban J connectivity index is 0.000000370. The topological polar surface area (TPSA) is 47.5 Å². The van der Waals surface area contributed by atoms with Crippen LogP contribution in [0.15, 0.2) is 103 Å². The molecule has 0 spiro atoms. The lowest BCUT2D eigenvalue weighted by molar-refractivity contribution is 0.293. The van der Waals surface area contributed by atoms with Gasteiger partial charge in [0, 0.05) is 30.9 Å². The van der Waals surface area contributed by atoms with Gasteiger partial charge in [-0.05, 0) is 49.2 Å². The number of aryl methyl sites for hydroxylation is 1. The summed E-state index contributed by atoms with van der Waals surface area (Å²) in [7, 11) is 2.14. The van der Waals surface area contributed by atoms with Crippen LogP contribution in [0.3, 0.4) is 0 Å². The van der Waals surface area contributed by atoms with Crippen molar-refractivity contribution in [2.75, 3.05) is 20.1 Å². The molecule has 1 aliphatic heterocycles. The number of benzene rings is 2. The largest absolute Gasteiger partial charge is 0.473 e. The van der Waals surface area contributed by atoms with E-state index in [1.54, 1.807) is 0 Å². The van der Waals surface area contributed by atoms with Crippen LogP contribution in [-0.4, -0.2) is 35.0 Å². The fraction of sp³-hybridized carbons (Fsp3) is 0.351. The summed E-state index contributed by atoms with van der Waals surface area (Å²) in [4.78, 5) is 11.2. The molecule has 4 aromatic rings. The zero-order chi connectivity index (χ0) is 31.0. The molecular formula is C37H51N3O2. The fourth-order valence-electron chi connectivity index (χ4n) is 3.74. The Bertz CT molecular complexity index is 1240. The molecule has 0 atom stereocenters. The Hall–Kier alpha value is -3.96. The molecule has 5 heteroatoms. The van der Waals surface area contributed by atoms with Crippen molar-refractivity contribution in [2.24, 2.45) is 0 Å². The van der Waals surface area contributed by atoms with Crippen molar-refractivity contribution < 1.29 is 9.47 Å². The smallest absolute Gasteiger partial charge is 0.214 e. The predicted molar refractivity (Wildman–Crippen MR) is 179 cm³/mol. The molecule has 226 valence electrons. The van der Waals surface area contributed by atoms with Gasteiger partial charge in [0.25, 0.3) is 0 Å². The molecule has 3 heterocycles. The van der Waals surface area contributed by atoms with Gasteiger partial charge in [-0.1, -0.05) is 120 Å². The molecule has 0 bridgehead atoms. The normalized spacial score (nSPS) is 11.8. The summed E-state index contributed by atoms with van der Waals surface area (Å²) in [5.41, 5.74) is 5.64. The zero-order valence-corrected chi connectivity index (χ0v) is 27.0. The lowest BCUT2D eigenvalue weighted by Crippen LogP contribution is -2.23. The standard InChI is InChI=1S/C18H20N2O.C13H13NO.3C2H6/c1-20-12-10-16(11-13-20)17-8-5-9-18(19-17)21-14-15-6-3-2-4-7-15;1-11-6-5-9-13(14-11)15-10-12-7-3-2-4-8-12;3*1-2/h2-10H,11-14H2,1H3;2-9H,10H2,1H3;3*1-2H3. The highest BCUT2D eigenvalue weighted by atomic mass is 16.5. The van der Waals surface area contributed by atoms with Gasteiger partial charge in [-0.25, -0.2) is 9.97 Å². The van der Waals surface area contributed by atoms with E-state index < -0.39 is 0 Å². The molecule has 0 amide bonds. The Morgan fingerprint density at radius 1 is 0.619 bits per heavy atom. The minimum atomic E-state index is 0.555. The molecule has 0 unspecified atom stereocenters. The number of nitrogens with zero attached hydrogens (tertiary/aromatic N) is 3. The van der Waals surface area contributed by atoms with Crippen molar-refractivity contribution in [3.05, 3.63) is 126 Å². The Morgan fingerprint density at radius 3 is 1.60 bits per heavy atom. The van der Waals surface area contributed by atoms with E-state index in [1.165, 1.54) is 5.57 Å². The molecule has 0 N–H and O–H groups in total. The van der Waals surface area contributed by atoms with E-state index in [9.17, 15) is 0 Å². The number of ether oxygens (including phenoxy) is 2. The molecule has 0 radical (unpaired) electrons. The Kier molecular flexibility index (Phi) is 19.5. The molecule has 5 rings (SSSR count). The van der Waals surface area contributed by atoms with Crippen molar-refractivity contribution >= 4 is 5.57 Å². The van der Waals surface area contributed by atoms with E-state index >= 15 is 0 Å². The zero-order valence-electron chi connectivity index (χ0n) is 27.0. The first-order valence-corrected chi connectivity index (χ1v) is 15.3. The van der Waals surface area contributed by atoms with Gasteiger partial charge in [0.2, 0.25) is 11.8 Å². The van der Waals surface area contributed by atoms with Crippen LogP contribution < -0.4 is 9.47 Å². The Labute approximate surface area is 255 Å². The summed E-state index contributed by atoms with van der Waals surface area (Å²) in [5.74, 6) is 1.37. The lowest BCUT2D eigenvalue weighted by atomic mass is 10.0. The predicted octanol–water partition coefficient (Wildman–Crippen LogP) is 9.43. The first-order valence-electron chi connectivity index (χ1n) is 15.3. The molecule has 0 saturated heterocycles. The maximum absolute atomic E-state index is 5.80. The van der Waals surface area contributed by atoms with Gasteiger partial charge in [-0.15, -0.1) is 0 Å². The van der Waals surface area contributed by atoms with Crippen LogP contribution >= 0.6 is 0 Å². The number of rotatable bonds is 7. The van der Waals surface area contributed by atoms with Crippen molar-refractivity contribution in [1.82, 2.24) is 14.9 Å². The molecule has 5 nitrogen and oxygen atoms in total. The van der Waals surface area contributed by atoms with Gasteiger partial charge in [-0.2, -0.15) is 0 Å². The minimum absolute atomic E-state index is 0.555. The lowest BCUT2D eigenvalue weighted by Gasteiger charge is -2.21. The van der Waals surface area contributed by atoms with Crippen molar-refractivity contribution in [1.29, 1.82) is 0 Å². The van der Waals surface area contributed by atoms with Gasteiger partial charge in [0.05, 0.1) is 5.69 Å². The summed E-state index contributed by atoms with van der Waals surface area (Å²) in [6.45, 7) is 17.2. The van der Waals surface area contributed by atoms with Crippen LogP contribution in [0.2, 0.25) is 0 Å². The van der Waals surface area contributed by atoms with Gasteiger partial charge in [-0.3, -0.25) is 0 Å². The van der Waals surface area contributed by atoms with Gasteiger partial charge in [0.15, 0.2) is 0 Å². The van der Waals surface area contributed by atoms with E-state index in [4.69, 9.17) is 9.47 Å². The third-order valence-corrected chi connectivity index (χ3v) is 5.79. The first-order chi connectivity index (χ1) is 20.7. The third-order valence-electron chi connectivity index (χ3n) is 5.79. The van der Waals surface area contributed by atoms with E-state index in [0.29, 0.717) is 25.0 Å². The summed E-state index contributed by atoms with van der Waals surface area (Å²) in [6, 6.07) is 32.0. The summed E-state index contributed by atoms with van der Waals surface area (Å²) < 4.78 is 11.4. The van der Waals surface area contributed by atoms with Gasteiger partial charge in [0.1, 0.15) is 13.2 Å². The number of pyridine rings is 2. The van der Waals surface area contributed by atoms with Crippen LogP contribution in [0.5, 0.6) is 11.8 Å². The monoisotopic (exact) mass is 569 g/mol. The molecular weight excluding hydrogens is 518 g/mol. The fourth-order valence-corrected chi connectivity index (χ4v) is 3.74. The van der Waals surface area contributed by atoms with Crippen LogP contribution in [0.4, 0.5) is 0 Å². The van der Waals surface area contributed by atoms with Gasteiger partial charge < -0.3 is 14.4 Å². The molecule has 1 aliphatic rings. The van der Waals surface area contributed by atoms with Gasteiger partial charge >= 0.3 is 0 Å². The molecule has 0 fully saturated rings. The Morgan fingerprint density at radius 2 is 1.12 bits per heavy atom. The number of likely N-dealkylation sites (N-methyl/N-ethyl adjacent to an activating group) is 1. The van der Waals surface area contributed by atoms with Crippen LogP contribution in [0, 0.1) is 6.92 Å². The van der Waals surface area contributed by atoms with Crippen LogP contribution in [0.25, 0.3) is 5.57 Å². The van der Waals surface area contributed by atoms with Crippen LogP contribution in [0.1, 0.15) is 70.5 Å². The molecule has 2 aromatic carbocycles. The maximum atomic E-state index is 5.80. The van der Waals surface area contributed by atoms with Crippen molar-refractivity contribution in [3.8, 4) is 11.8 Å². The third kappa shape index (κ3) is 14.1. The molecule has 2 aromatic heterocycles. The first kappa shape index (κ1) is 36.1. The van der Waals surface area contributed by atoms with Crippen molar-refractivity contribution in [3.63, 3.8) is 0 Å². The van der Waals surface area contributed by atoms with E-state index in [-0.39, 0.29) is 0 Å². The highest BCUT2D eigenvalue weighted by Gasteiger charge is 2.11. The van der Waals surface area contributed by atoms with E-state index in [0.717, 1.165) is 42.0 Å². The highest BCUT2D eigenvalue weighted by Crippen LogP contribution is 2.22. The number of hydrogen-bond donors (Lipinski definition) is 0. The molecule has 42 heavy (non-hydrogen) atoms. The number of hydrogen-bond acceptors (Lipinski definition) is 5. The van der Waals surface area contributed by atoms with Crippen molar-refractivity contribution in [2.45, 2.75) is 68.1 Å². The van der Waals surface area contributed by atoms with E-state index in [2.05, 4.69) is 46.2 Å². The SMILES string of the molecule is CC.CC.CC.CN1CC=C(c2cccc(OCc3ccccc3)n2)CC1.Cc1cccc(OCc2ccccc2)n1. The summed E-state index contributed by atoms with van der Waals surface area (Å²) >= 11 is 0. The second-order valence-electron chi connectivity index (χ2n) is 8.77. The second-order valence-corrected chi connectivity index (χ2v) is 8.77. The van der Waals surface area contributed by atoms with Crippen LogP contribution in [-0.2, 0) is 13.2 Å². The minimum Gasteiger partial charge on any atom is -0.473 e. The molecule has 0 saturated carbocycles. The second kappa shape index (κ2) is 22.7. The summed E-state index contributed by atoms with van der Waals surface area (Å²) in [6.07, 6.45) is 3.30. The van der Waals surface area contributed by atoms with E-state index in [1.807, 2.05) is 127 Å². The molecule has 0 aliphatic carbocycles.